The molecule has 20 heavy (non-hydrogen) atoms. The summed E-state index contributed by atoms with van der Waals surface area (Å²) < 4.78 is 5.37. The van der Waals surface area contributed by atoms with Crippen LogP contribution in [-0.4, -0.2) is 17.5 Å². The van der Waals surface area contributed by atoms with Gasteiger partial charge in [0.2, 0.25) is 0 Å². The minimum absolute atomic E-state index is 0.168. The Bertz CT molecular complexity index is 632. The summed E-state index contributed by atoms with van der Waals surface area (Å²) >= 11 is 11.5. The number of hydrogen-bond acceptors (Lipinski definition) is 3. The topological polar surface area (TPSA) is 51.2 Å². The van der Waals surface area contributed by atoms with E-state index in [2.05, 4.69) is 10.3 Å². The van der Waals surface area contributed by atoms with E-state index in [1.807, 2.05) is 13.0 Å². The van der Waals surface area contributed by atoms with Crippen molar-refractivity contribution in [1.82, 2.24) is 4.98 Å². The molecule has 0 aliphatic heterocycles. The standard InChI is InChI=1S/C14H12Cl2N2O2/c1-2-20-11-5-3-4-10(7-11)18-14(19)9-6-12(15)13(16)17-8-9/h3-8H,2H2,1H3,(H,18,19). The fourth-order valence-corrected chi connectivity index (χ4v) is 1.85. The van der Waals surface area contributed by atoms with Crippen LogP contribution in [-0.2, 0) is 0 Å². The van der Waals surface area contributed by atoms with Crippen molar-refractivity contribution in [3.8, 4) is 5.75 Å². The van der Waals surface area contributed by atoms with Gasteiger partial charge < -0.3 is 10.1 Å². The SMILES string of the molecule is CCOc1cccc(NC(=O)c2cnc(Cl)c(Cl)c2)c1. The van der Waals surface area contributed by atoms with Crippen LogP contribution in [0.4, 0.5) is 5.69 Å². The molecular formula is C14H12Cl2N2O2. The van der Waals surface area contributed by atoms with E-state index in [1.165, 1.54) is 12.3 Å². The van der Waals surface area contributed by atoms with E-state index in [4.69, 9.17) is 27.9 Å². The molecule has 0 saturated heterocycles. The first-order valence-corrected chi connectivity index (χ1v) is 6.71. The van der Waals surface area contributed by atoms with Crippen LogP contribution in [0.3, 0.4) is 0 Å². The molecule has 0 aliphatic rings. The Kier molecular flexibility index (Phi) is 4.82. The second-order valence-electron chi connectivity index (χ2n) is 3.91. The van der Waals surface area contributed by atoms with E-state index >= 15 is 0 Å². The maximum Gasteiger partial charge on any atom is 0.257 e. The van der Waals surface area contributed by atoms with E-state index in [-0.39, 0.29) is 16.1 Å². The monoisotopic (exact) mass is 310 g/mol. The summed E-state index contributed by atoms with van der Waals surface area (Å²) in [4.78, 5) is 15.9. The highest BCUT2D eigenvalue weighted by atomic mass is 35.5. The van der Waals surface area contributed by atoms with Gasteiger partial charge in [-0.15, -0.1) is 0 Å². The number of nitrogens with one attached hydrogen (secondary N) is 1. The largest absolute Gasteiger partial charge is 0.494 e. The molecular weight excluding hydrogens is 299 g/mol. The zero-order valence-corrected chi connectivity index (χ0v) is 12.2. The maximum absolute atomic E-state index is 12.1. The van der Waals surface area contributed by atoms with Gasteiger partial charge in [-0.05, 0) is 25.1 Å². The van der Waals surface area contributed by atoms with Crippen molar-refractivity contribution in [3.63, 3.8) is 0 Å². The third-order valence-electron chi connectivity index (χ3n) is 2.46. The van der Waals surface area contributed by atoms with Crippen LogP contribution in [0.2, 0.25) is 10.2 Å². The van der Waals surface area contributed by atoms with Crippen molar-refractivity contribution in [2.75, 3.05) is 11.9 Å². The first-order valence-electron chi connectivity index (χ1n) is 5.95. The molecule has 1 heterocycles. The van der Waals surface area contributed by atoms with Gasteiger partial charge in [0.1, 0.15) is 10.9 Å². The Morgan fingerprint density at radius 1 is 1.35 bits per heavy atom. The minimum Gasteiger partial charge on any atom is -0.494 e. The average molecular weight is 311 g/mol. The quantitative estimate of drug-likeness (QED) is 0.867. The van der Waals surface area contributed by atoms with Crippen molar-refractivity contribution in [3.05, 3.63) is 52.3 Å². The van der Waals surface area contributed by atoms with Crippen molar-refractivity contribution >= 4 is 34.8 Å². The summed E-state index contributed by atoms with van der Waals surface area (Å²) in [5.41, 5.74) is 0.966. The molecule has 0 fully saturated rings. The van der Waals surface area contributed by atoms with Gasteiger partial charge >= 0.3 is 0 Å². The predicted molar refractivity (Wildman–Crippen MR) is 79.8 cm³/mol. The molecule has 1 aromatic carbocycles. The number of benzene rings is 1. The highest BCUT2D eigenvalue weighted by Gasteiger charge is 2.09. The molecule has 0 spiro atoms. The summed E-state index contributed by atoms with van der Waals surface area (Å²) in [5.74, 6) is 0.377. The molecule has 0 atom stereocenters. The third-order valence-corrected chi connectivity index (χ3v) is 3.15. The lowest BCUT2D eigenvalue weighted by atomic mass is 10.2. The number of amides is 1. The fourth-order valence-electron chi connectivity index (χ4n) is 1.58. The molecule has 0 saturated carbocycles. The van der Waals surface area contributed by atoms with E-state index in [0.717, 1.165) is 0 Å². The highest BCUT2D eigenvalue weighted by Crippen LogP contribution is 2.21. The first-order chi connectivity index (χ1) is 9.60. The molecule has 104 valence electrons. The zero-order valence-electron chi connectivity index (χ0n) is 10.7. The number of anilines is 1. The third kappa shape index (κ3) is 3.62. The second kappa shape index (κ2) is 6.59. The summed E-state index contributed by atoms with van der Waals surface area (Å²) in [6, 6.07) is 8.60. The molecule has 0 aliphatic carbocycles. The summed E-state index contributed by atoms with van der Waals surface area (Å²) in [6.07, 6.45) is 1.37. The Labute approximate surface area is 126 Å². The van der Waals surface area contributed by atoms with Gasteiger partial charge in [0.05, 0.1) is 17.2 Å². The number of pyridine rings is 1. The number of rotatable bonds is 4. The number of aromatic nitrogens is 1. The lowest BCUT2D eigenvalue weighted by Crippen LogP contribution is -2.12. The molecule has 1 amide bonds. The molecule has 2 aromatic rings. The van der Waals surface area contributed by atoms with Gasteiger partial charge in [0, 0.05) is 18.0 Å². The minimum atomic E-state index is -0.315. The lowest BCUT2D eigenvalue weighted by Gasteiger charge is -2.08. The van der Waals surface area contributed by atoms with Gasteiger partial charge in [-0.25, -0.2) is 4.98 Å². The average Bonchev–Trinajstić information content (AvgIpc) is 2.42. The summed E-state index contributed by atoms with van der Waals surface area (Å²) in [6.45, 7) is 2.46. The second-order valence-corrected chi connectivity index (χ2v) is 4.68. The number of nitrogens with zero attached hydrogens (tertiary/aromatic N) is 1. The fraction of sp³-hybridized carbons (Fsp3) is 0.143. The van der Waals surface area contributed by atoms with E-state index < -0.39 is 0 Å². The Balaban J connectivity index is 2.14. The van der Waals surface area contributed by atoms with Crippen molar-refractivity contribution in [2.24, 2.45) is 0 Å². The number of carbonyl (C=O) groups excluding carboxylic acids is 1. The van der Waals surface area contributed by atoms with Gasteiger partial charge in [0.25, 0.3) is 5.91 Å². The molecule has 2 rings (SSSR count). The maximum atomic E-state index is 12.1. The highest BCUT2D eigenvalue weighted by molar-refractivity contribution is 6.41. The number of carbonyl (C=O) groups is 1. The molecule has 1 N–H and O–H groups in total. The van der Waals surface area contributed by atoms with E-state index in [9.17, 15) is 4.79 Å². The molecule has 0 radical (unpaired) electrons. The summed E-state index contributed by atoms with van der Waals surface area (Å²) in [7, 11) is 0. The summed E-state index contributed by atoms with van der Waals surface area (Å²) in [5, 5.41) is 3.15. The van der Waals surface area contributed by atoms with E-state index in [1.54, 1.807) is 18.2 Å². The van der Waals surface area contributed by atoms with Crippen LogP contribution in [0.5, 0.6) is 5.75 Å². The van der Waals surface area contributed by atoms with Crippen LogP contribution < -0.4 is 10.1 Å². The van der Waals surface area contributed by atoms with Crippen LogP contribution in [0.15, 0.2) is 36.5 Å². The van der Waals surface area contributed by atoms with Crippen molar-refractivity contribution < 1.29 is 9.53 Å². The smallest absolute Gasteiger partial charge is 0.257 e. The molecule has 4 nitrogen and oxygen atoms in total. The molecule has 1 aromatic heterocycles. The van der Waals surface area contributed by atoms with Crippen molar-refractivity contribution in [2.45, 2.75) is 6.92 Å². The van der Waals surface area contributed by atoms with Crippen molar-refractivity contribution in [1.29, 1.82) is 0 Å². The van der Waals surface area contributed by atoms with Crippen LogP contribution in [0.25, 0.3) is 0 Å². The molecule has 6 heteroatoms. The van der Waals surface area contributed by atoms with E-state index in [0.29, 0.717) is 23.6 Å². The Morgan fingerprint density at radius 3 is 2.85 bits per heavy atom. The Morgan fingerprint density at radius 2 is 2.15 bits per heavy atom. The van der Waals surface area contributed by atoms with Crippen LogP contribution in [0.1, 0.15) is 17.3 Å². The number of ether oxygens (including phenoxy) is 1. The molecule has 0 unspecified atom stereocenters. The van der Waals surface area contributed by atoms with Crippen LogP contribution >= 0.6 is 23.2 Å². The number of hydrogen-bond donors (Lipinski definition) is 1. The zero-order chi connectivity index (χ0) is 14.5. The van der Waals surface area contributed by atoms with Gasteiger partial charge in [-0.3, -0.25) is 4.79 Å². The van der Waals surface area contributed by atoms with Gasteiger partial charge in [-0.2, -0.15) is 0 Å². The number of halogens is 2. The Hall–Kier alpha value is -1.78. The van der Waals surface area contributed by atoms with Crippen LogP contribution in [0, 0.1) is 0 Å². The lowest BCUT2D eigenvalue weighted by molar-refractivity contribution is 0.102. The predicted octanol–water partition coefficient (Wildman–Crippen LogP) is 4.04. The normalized spacial score (nSPS) is 10.2. The first kappa shape index (κ1) is 14.6. The van der Waals surface area contributed by atoms with Gasteiger partial charge in [0.15, 0.2) is 0 Å². The molecule has 0 bridgehead atoms. The van der Waals surface area contributed by atoms with Gasteiger partial charge in [-0.1, -0.05) is 29.3 Å².